The third kappa shape index (κ3) is 4.47. The first-order chi connectivity index (χ1) is 9.69. The third-order valence-corrected chi connectivity index (χ3v) is 4.03. The van der Waals surface area contributed by atoms with Crippen molar-refractivity contribution in [3.63, 3.8) is 0 Å². The minimum atomic E-state index is -0.158. The van der Waals surface area contributed by atoms with E-state index in [1.165, 1.54) is 12.8 Å². The van der Waals surface area contributed by atoms with E-state index >= 15 is 0 Å². The molecule has 0 spiro atoms. The van der Waals surface area contributed by atoms with Crippen LogP contribution < -0.4 is 11.1 Å². The van der Waals surface area contributed by atoms with Crippen LogP contribution in [0.25, 0.3) is 0 Å². The summed E-state index contributed by atoms with van der Waals surface area (Å²) in [6.07, 6.45) is 3.54. The summed E-state index contributed by atoms with van der Waals surface area (Å²) >= 11 is 5.86. The predicted molar refractivity (Wildman–Crippen MR) is 80.8 cm³/mol. The number of amides is 1. The number of nitrogens with two attached hydrogens (primary N) is 1. The molecule has 5 heteroatoms. The number of carbonyl (C=O) groups is 1. The van der Waals surface area contributed by atoms with E-state index in [2.05, 4.69) is 5.32 Å². The number of carbonyl (C=O) groups excluding carboxylic acids is 1. The molecule has 1 aromatic rings. The number of hydrogen-bond acceptors (Lipinski definition) is 3. The van der Waals surface area contributed by atoms with E-state index in [0.29, 0.717) is 35.7 Å². The highest BCUT2D eigenvalue weighted by atomic mass is 35.5. The zero-order chi connectivity index (χ0) is 14.4. The first kappa shape index (κ1) is 15.3. The van der Waals surface area contributed by atoms with Gasteiger partial charge in [-0.1, -0.05) is 24.1 Å². The number of halogens is 1. The number of anilines is 1. The smallest absolute Gasteiger partial charge is 0.250 e. The summed E-state index contributed by atoms with van der Waals surface area (Å²) in [5, 5.41) is 3.36. The lowest BCUT2D eigenvalue weighted by molar-refractivity contribution is -0.121. The van der Waals surface area contributed by atoms with Crippen LogP contribution in [0.4, 0.5) is 5.69 Å². The van der Waals surface area contributed by atoms with E-state index in [4.69, 9.17) is 22.1 Å². The summed E-state index contributed by atoms with van der Waals surface area (Å²) in [6, 6.07) is 7.07. The second-order valence-corrected chi connectivity index (χ2v) is 5.70. The van der Waals surface area contributed by atoms with Crippen LogP contribution >= 0.6 is 11.6 Å². The Kier molecular flexibility index (Phi) is 5.83. The molecule has 4 nitrogen and oxygen atoms in total. The van der Waals surface area contributed by atoms with Crippen molar-refractivity contribution in [2.75, 3.05) is 25.1 Å². The van der Waals surface area contributed by atoms with Gasteiger partial charge in [-0.3, -0.25) is 4.79 Å². The SMILES string of the molecule is NCC1CCCC1COCC(=O)Nc1cccc(Cl)c1. The van der Waals surface area contributed by atoms with E-state index in [1.54, 1.807) is 24.3 Å². The van der Waals surface area contributed by atoms with Gasteiger partial charge < -0.3 is 15.8 Å². The molecule has 0 bridgehead atoms. The number of hydrogen-bond donors (Lipinski definition) is 2. The van der Waals surface area contributed by atoms with Gasteiger partial charge in [0.2, 0.25) is 5.91 Å². The van der Waals surface area contributed by atoms with Gasteiger partial charge in [0.15, 0.2) is 0 Å². The topological polar surface area (TPSA) is 64.3 Å². The Bertz CT molecular complexity index is 453. The Labute approximate surface area is 124 Å². The van der Waals surface area contributed by atoms with E-state index < -0.39 is 0 Å². The molecule has 0 aliphatic heterocycles. The Hall–Kier alpha value is -1.10. The van der Waals surface area contributed by atoms with Crippen LogP contribution in [0.1, 0.15) is 19.3 Å². The van der Waals surface area contributed by atoms with Crippen LogP contribution in [0.3, 0.4) is 0 Å². The lowest BCUT2D eigenvalue weighted by Crippen LogP contribution is -2.25. The van der Waals surface area contributed by atoms with Crippen LogP contribution in [0.15, 0.2) is 24.3 Å². The van der Waals surface area contributed by atoms with Crippen molar-refractivity contribution in [3.05, 3.63) is 29.3 Å². The fourth-order valence-electron chi connectivity index (χ4n) is 2.71. The maximum Gasteiger partial charge on any atom is 0.250 e. The molecule has 2 atom stereocenters. The highest BCUT2D eigenvalue weighted by Gasteiger charge is 2.26. The molecule has 110 valence electrons. The largest absolute Gasteiger partial charge is 0.371 e. The lowest BCUT2D eigenvalue weighted by Gasteiger charge is -2.17. The van der Waals surface area contributed by atoms with Crippen molar-refractivity contribution in [2.45, 2.75) is 19.3 Å². The molecule has 1 fully saturated rings. The fraction of sp³-hybridized carbons (Fsp3) is 0.533. The standard InChI is InChI=1S/C15H21ClN2O2/c16-13-5-2-6-14(7-13)18-15(19)10-20-9-12-4-1-3-11(12)8-17/h2,5-7,11-12H,1,3-4,8-10,17H2,(H,18,19). The van der Waals surface area contributed by atoms with Gasteiger partial charge in [-0.25, -0.2) is 0 Å². The Morgan fingerprint density at radius 1 is 1.40 bits per heavy atom. The van der Waals surface area contributed by atoms with Crippen molar-refractivity contribution < 1.29 is 9.53 Å². The minimum Gasteiger partial charge on any atom is -0.371 e. The van der Waals surface area contributed by atoms with Crippen molar-refractivity contribution >= 4 is 23.2 Å². The summed E-state index contributed by atoms with van der Waals surface area (Å²) in [5.74, 6) is 0.888. The van der Waals surface area contributed by atoms with Gasteiger partial charge in [0, 0.05) is 10.7 Å². The summed E-state index contributed by atoms with van der Waals surface area (Å²) in [6.45, 7) is 1.40. The highest BCUT2D eigenvalue weighted by molar-refractivity contribution is 6.30. The average Bonchev–Trinajstić information content (AvgIpc) is 2.86. The predicted octanol–water partition coefficient (Wildman–Crippen LogP) is 2.67. The van der Waals surface area contributed by atoms with Crippen LogP contribution in [0.5, 0.6) is 0 Å². The molecule has 20 heavy (non-hydrogen) atoms. The molecule has 3 N–H and O–H groups in total. The van der Waals surface area contributed by atoms with E-state index in [1.807, 2.05) is 0 Å². The molecule has 1 aliphatic rings. The molecular weight excluding hydrogens is 276 g/mol. The molecule has 2 rings (SSSR count). The number of ether oxygens (including phenoxy) is 1. The normalized spacial score (nSPS) is 21.9. The summed E-state index contributed by atoms with van der Waals surface area (Å²) < 4.78 is 5.51. The zero-order valence-corrected chi connectivity index (χ0v) is 12.2. The van der Waals surface area contributed by atoms with E-state index in [-0.39, 0.29) is 12.5 Å². The molecule has 1 aliphatic carbocycles. The summed E-state index contributed by atoms with van der Waals surface area (Å²) in [5.41, 5.74) is 6.41. The lowest BCUT2D eigenvalue weighted by atomic mass is 9.97. The first-order valence-corrected chi connectivity index (χ1v) is 7.40. The zero-order valence-electron chi connectivity index (χ0n) is 11.5. The van der Waals surface area contributed by atoms with Gasteiger partial charge in [0.25, 0.3) is 0 Å². The van der Waals surface area contributed by atoms with Crippen molar-refractivity contribution in [1.29, 1.82) is 0 Å². The van der Waals surface area contributed by atoms with Crippen molar-refractivity contribution in [1.82, 2.24) is 0 Å². The van der Waals surface area contributed by atoms with Gasteiger partial charge in [-0.05, 0) is 49.4 Å². The van der Waals surface area contributed by atoms with Gasteiger partial charge in [-0.2, -0.15) is 0 Å². The monoisotopic (exact) mass is 296 g/mol. The molecule has 2 unspecified atom stereocenters. The molecule has 0 saturated heterocycles. The molecule has 1 aromatic carbocycles. The average molecular weight is 297 g/mol. The third-order valence-electron chi connectivity index (χ3n) is 3.79. The first-order valence-electron chi connectivity index (χ1n) is 7.02. The Balaban J connectivity index is 1.70. The summed E-state index contributed by atoms with van der Waals surface area (Å²) in [4.78, 5) is 11.7. The number of rotatable bonds is 6. The maximum atomic E-state index is 11.7. The van der Waals surface area contributed by atoms with E-state index in [9.17, 15) is 4.79 Å². The van der Waals surface area contributed by atoms with Crippen molar-refractivity contribution in [2.24, 2.45) is 17.6 Å². The molecule has 0 radical (unpaired) electrons. The molecule has 0 aromatic heterocycles. The minimum absolute atomic E-state index is 0.0697. The van der Waals surface area contributed by atoms with Gasteiger partial charge in [-0.15, -0.1) is 0 Å². The Morgan fingerprint density at radius 2 is 2.20 bits per heavy atom. The Morgan fingerprint density at radius 3 is 2.95 bits per heavy atom. The van der Waals surface area contributed by atoms with Crippen LogP contribution in [-0.2, 0) is 9.53 Å². The van der Waals surface area contributed by atoms with Crippen LogP contribution in [-0.4, -0.2) is 25.7 Å². The van der Waals surface area contributed by atoms with Gasteiger partial charge in [0.05, 0.1) is 6.61 Å². The quantitative estimate of drug-likeness (QED) is 0.848. The molecule has 1 saturated carbocycles. The van der Waals surface area contributed by atoms with Crippen molar-refractivity contribution in [3.8, 4) is 0 Å². The van der Waals surface area contributed by atoms with Gasteiger partial charge >= 0.3 is 0 Å². The highest BCUT2D eigenvalue weighted by Crippen LogP contribution is 2.30. The second kappa shape index (κ2) is 7.62. The fourth-order valence-corrected chi connectivity index (χ4v) is 2.90. The second-order valence-electron chi connectivity index (χ2n) is 5.26. The number of nitrogens with one attached hydrogen (secondary N) is 1. The molecular formula is C15H21ClN2O2. The van der Waals surface area contributed by atoms with Gasteiger partial charge in [0.1, 0.15) is 6.61 Å². The summed E-state index contributed by atoms with van der Waals surface area (Å²) in [7, 11) is 0. The van der Waals surface area contributed by atoms with Crippen LogP contribution in [0, 0.1) is 11.8 Å². The maximum absolute atomic E-state index is 11.7. The van der Waals surface area contributed by atoms with Crippen LogP contribution in [0.2, 0.25) is 5.02 Å². The van der Waals surface area contributed by atoms with E-state index in [0.717, 1.165) is 6.42 Å². The molecule has 1 amide bonds. The molecule has 0 heterocycles. The number of benzene rings is 1.